The zero-order valence-electron chi connectivity index (χ0n) is 11.9. The van der Waals surface area contributed by atoms with Gasteiger partial charge in [-0.15, -0.1) is 0 Å². The monoisotopic (exact) mass is 270 g/mol. The second-order valence-electron chi connectivity index (χ2n) is 5.63. The number of aromatic nitrogens is 3. The maximum Gasteiger partial charge on any atom is 0.295 e. The van der Waals surface area contributed by atoms with E-state index in [2.05, 4.69) is 33.7 Å². The minimum Gasteiger partial charge on any atom is -0.424 e. The molecule has 5 nitrogen and oxygen atoms in total. The maximum atomic E-state index is 5.69. The van der Waals surface area contributed by atoms with Crippen molar-refractivity contribution in [1.29, 1.82) is 0 Å². The Bertz CT molecular complexity index is 713. The molecule has 0 fully saturated rings. The number of hydrogen-bond donors (Lipinski definition) is 1. The summed E-state index contributed by atoms with van der Waals surface area (Å²) in [5, 5.41) is 3.26. The summed E-state index contributed by atoms with van der Waals surface area (Å²) in [5.41, 5.74) is 2.76. The zero-order chi connectivity index (χ0) is 14.2. The number of nitrogens with zero attached hydrogens (tertiary/aromatic N) is 3. The molecule has 5 heteroatoms. The van der Waals surface area contributed by atoms with Gasteiger partial charge in [0, 0.05) is 18.9 Å². The molecule has 104 valence electrons. The number of hydrogen-bond acceptors (Lipinski definition) is 4. The van der Waals surface area contributed by atoms with E-state index in [-0.39, 0.29) is 5.54 Å². The number of imidazole rings is 1. The zero-order valence-corrected chi connectivity index (χ0v) is 11.9. The second kappa shape index (κ2) is 4.67. The van der Waals surface area contributed by atoms with Crippen molar-refractivity contribution in [2.24, 2.45) is 0 Å². The van der Waals surface area contributed by atoms with Crippen molar-refractivity contribution in [2.45, 2.75) is 26.3 Å². The Hall–Kier alpha value is -2.30. The van der Waals surface area contributed by atoms with Gasteiger partial charge in [-0.2, -0.15) is 4.98 Å². The van der Waals surface area contributed by atoms with Crippen LogP contribution in [0, 0.1) is 6.92 Å². The third kappa shape index (κ3) is 2.39. The minimum atomic E-state index is -0.104. The normalized spacial score (nSPS) is 11.9. The number of fused-ring (bicyclic) bond motifs is 1. The second-order valence-corrected chi connectivity index (χ2v) is 5.63. The maximum absolute atomic E-state index is 5.69. The van der Waals surface area contributed by atoms with Crippen LogP contribution in [0.3, 0.4) is 0 Å². The van der Waals surface area contributed by atoms with Crippen LogP contribution in [0.4, 0.5) is 6.01 Å². The lowest BCUT2D eigenvalue weighted by Crippen LogP contribution is -2.33. The van der Waals surface area contributed by atoms with Gasteiger partial charge in [0.2, 0.25) is 0 Å². The van der Waals surface area contributed by atoms with E-state index in [1.54, 1.807) is 6.20 Å². The van der Waals surface area contributed by atoms with Crippen molar-refractivity contribution >= 4 is 17.1 Å². The van der Waals surface area contributed by atoms with Gasteiger partial charge in [-0.1, -0.05) is 6.07 Å². The van der Waals surface area contributed by atoms with E-state index in [0.29, 0.717) is 12.6 Å². The van der Waals surface area contributed by atoms with Gasteiger partial charge in [0.1, 0.15) is 5.52 Å². The molecule has 0 spiro atoms. The van der Waals surface area contributed by atoms with E-state index in [1.807, 2.05) is 37.6 Å². The van der Waals surface area contributed by atoms with Gasteiger partial charge in [0.05, 0.1) is 11.9 Å². The van der Waals surface area contributed by atoms with Gasteiger partial charge in [-0.3, -0.25) is 0 Å². The summed E-state index contributed by atoms with van der Waals surface area (Å²) in [6.45, 7) is 7.02. The number of oxazole rings is 1. The lowest BCUT2D eigenvalue weighted by molar-refractivity contribution is 0.373. The summed E-state index contributed by atoms with van der Waals surface area (Å²) < 4.78 is 7.75. The Labute approximate surface area is 117 Å². The SMILES string of the molecule is Cc1ccc2oc(NCC(C)(C)n3ccnc3)nc2c1. The average molecular weight is 270 g/mol. The summed E-state index contributed by atoms with van der Waals surface area (Å²) in [4.78, 5) is 8.54. The van der Waals surface area contributed by atoms with Gasteiger partial charge < -0.3 is 14.3 Å². The molecule has 2 aromatic heterocycles. The number of anilines is 1. The molecular formula is C15H18N4O. The number of rotatable bonds is 4. The first-order chi connectivity index (χ1) is 9.54. The van der Waals surface area contributed by atoms with E-state index < -0.39 is 0 Å². The number of aryl methyl sites for hydroxylation is 1. The third-order valence-electron chi connectivity index (χ3n) is 3.42. The van der Waals surface area contributed by atoms with Crippen LogP contribution in [0.2, 0.25) is 0 Å². The Morgan fingerprint density at radius 2 is 2.20 bits per heavy atom. The fourth-order valence-corrected chi connectivity index (χ4v) is 2.11. The first-order valence-electron chi connectivity index (χ1n) is 6.64. The van der Waals surface area contributed by atoms with Crippen LogP contribution in [0.25, 0.3) is 11.1 Å². The predicted molar refractivity (Wildman–Crippen MR) is 78.8 cm³/mol. The molecule has 0 aliphatic carbocycles. The van der Waals surface area contributed by atoms with Gasteiger partial charge >= 0.3 is 0 Å². The fourth-order valence-electron chi connectivity index (χ4n) is 2.11. The number of benzene rings is 1. The summed E-state index contributed by atoms with van der Waals surface area (Å²) in [6, 6.07) is 6.54. The highest BCUT2D eigenvalue weighted by atomic mass is 16.4. The van der Waals surface area contributed by atoms with Crippen molar-refractivity contribution in [1.82, 2.24) is 14.5 Å². The lowest BCUT2D eigenvalue weighted by atomic mass is 10.1. The lowest BCUT2D eigenvalue weighted by Gasteiger charge is -2.26. The smallest absolute Gasteiger partial charge is 0.295 e. The fraction of sp³-hybridized carbons (Fsp3) is 0.333. The van der Waals surface area contributed by atoms with Gasteiger partial charge in [0.25, 0.3) is 6.01 Å². The molecule has 3 aromatic rings. The Morgan fingerprint density at radius 1 is 1.35 bits per heavy atom. The quantitative estimate of drug-likeness (QED) is 0.791. The Balaban J connectivity index is 1.77. The number of nitrogens with one attached hydrogen (secondary N) is 1. The molecule has 0 amide bonds. The topological polar surface area (TPSA) is 55.9 Å². The third-order valence-corrected chi connectivity index (χ3v) is 3.42. The van der Waals surface area contributed by atoms with Gasteiger partial charge in [-0.25, -0.2) is 4.98 Å². The van der Waals surface area contributed by atoms with E-state index in [1.165, 1.54) is 5.56 Å². The molecule has 0 bridgehead atoms. The molecule has 0 saturated heterocycles. The molecule has 0 atom stereocenters. The molecule has 1 N–H and O–H groups in total. The van der Waals surface area contributed by atoms with E-state index in [0.717, 1.165) is 11.1 Å². The van der Waals surface area contributed by atoms with Crippen molar-refractivity contribution in [3.8, 4) is 0 Å². The predicted octanol–water partition coefficient (Wildman–Crippen LogP) is 3.18. The Morgan fingerprint density at radius 3 is 2.95 bits per heavy atom. The van der Waals surface area contributed by atoms with Gasteiger partial charge in [-0.05, 0) is 38.5 Å². The van der Waals surface area contributed by atoms with Crippen LogP contribution in [0.1, 0.15) is 19.4 Å². The first kappa shape index (κ1) is 12.7. The average Bonchev–Trinajstić information content (AvgIpc) is 3.05. The van der Waals surface area contributed by atoms with Crippen LogP contribution < -0.4 is 5.32 Å². The van der Waals surface area contributed by atoms with E-state index in [4.69, 9.17) is 4.42 Å². The molecule has 2 heterocycles. The van der Waals surface area contributed by atoms with Crippen molar-refractivity contribution < 1.29 is 4.42 Å². The molecule has 0 aliphatic rings. The van der Waals surface area contributed by atoms with Crippen LogP contribution in [0.5, 0.6) is 0 Å². The van der Waals surface area contributed by atoms with E-state index in [9.17, 15) is 0 Å². The van der Waals surface area contributed by atoms with Gasteiger partial charge in [0.15, 0.2) is 5.58 Å². The standard InChI is InChI=1S/C15H18N4O/c1-11-4-5-13-12(8-11)18-14(20-13)17-9-15(2,3)19-7-6-16-10-19/h4-8,10H,9H2,1-3H3,(H,17,18). The van der Waals surface area contributed by atoms with Crippen molar-refractivity contribution in [3.05, 3.63) is 42.5 Å². The molecular weight excluding hydrogens is 252 g/mol. The molecule has 1 aromatic carbocycles. The van der Waals surface area contributed by atoms with Crippen LogP contribution >= 0.6 is 0 Å². The largest absolute Gasteiger partial charge is 0.424 e. The van der Waals surface area contributed by atoms with Crippen molar-refractivity contribution in [2.75, 3.05) is 11.9 Å². The summed E-state index contributed by atoms with van der Waals surface area (Å²) >= 11 is 0. The molecule has 0 saturated carbocycles. The van der Waals surface area contributed by atoms with Crippen LogP contribution in [-0.4, -0.2) is 21.1 Å². The Kier molecular flexibility index (Phi) is 2.97. The minimum absolute atomic E-state index is 0.104. The molecule has 0 aliphatic heterocycles. The first-order valence-corrected chi connectivity index (χ1v) is 6.64. The highest BCUT2D eigenvalue weighted by Gasteiger charge is 2.20. The summed E-state index contributed by atoms with van der Waals surface area (Å²) in [5.74, 6) is 0. The van der Waals surface area contributed by atoms with Crippen LogP contribution in [0.15, 0.2) is 41.3 Å². The molecule has 20 heavy (non-hydrogen) atoms. The molecule has 0 unspecified atom stereocenters. The van der Waals surface area contributed by atoms with Crippen LogP contribution in [-0.2, 0) is 5.54 Å². The summed E-state index contributed by atoms with van der Waals surface area (Å²) in [6.07, 6.45) is 5.55. The summed E-state index contributed by atoms with van der Waals surface area (Å²) in [7, 11) is 0. The van der Waals surface area contributed by atoms with Crippen molar-refractivity contribution in [3.63, 3.8) is 0 Å². The highest BCUT2D eigenvalue weighted by Crippen LogP contribution is 2.21. The molecule has 0 radical (unpaired) electrons. The highest BCUT2D eigenvalue weighted by molar-refractivity contribution is 5.75. The van der Waals surface area contributed by atoms with E-state index >= 15 is 0 Å². The molecule has 3 rings (SSSR count).